The summed E-state index contributed by atoms with van der Waals surface area (Å²) in [6.45, 7) is 2.09. The first-order chi connectivity index (χ1) is 5.74. The fourth-order valence-electron chi connectivity index (χ4n) is 0.979. The summed E-state index contributed by atoms with van der Waals surface area (Å²) in [5, 5.41) is 8.83. The van der Waals surface area contributed by atoms with Crippen molar-refractivity contribution in [2.24, 2.45) is 0 Å². The van der Waals surface area contributed by atoms with E-state index in [9.17, 15) is 0 Å². The van der Waals surface area contributed by atoms with E-state index in [0.717, 1.165) is 17.7 Å². The van der Waals surface area contributed by atoms with Crippen molar-refractivity contribution in [3.05, 3.63) is 10.0 Å². The molecule has 0 saturated heterocycles. The molecule has 0 aliphatic carbocycles. The van der Waals surface area contributed by atoms with Gasteiger partial charge in [0.1, 0.15) is 0 Å². The Morgan fingerprint density at radius 1 is 1.67 bits per heavy atom. The number of thioether (sulfide) groups is 1. The molecule has 0 aliphatic heterocycles. The van der Waals surface area contributed by atoms with Gasteiger partial charge in [-0.2, -0.15) is 0 Å². The van der Waals surface area contributed by atoms with Crippen LogP contribution >= 0.6 is 11.8 Å². The number of nitrogens with two attached hydrogens (primary N) is 1. The molecule has 1 aromatic rings. The predicted octanol–water partition coefficient (Wildman–Crippen LogP) is 1.48. The van der Waals surface area contributed by atoms with E-state index in [-0.39, 0.29) is 0 Å². The van der Waals surface area contributed by atoms with Crippen LogP contribution in [-0.4, -0.2) is 20.8 Å². The van der Waals surface area contributed by atoms with Crippen molar-refractivity contribution in [1.82, 2.24) is 0 Å². The first-order valence-electron chi connectivity index (χ1n) is 3.59. The topological polar surface area (TPSA) is 49.8 Å². The van der Waals surface area contributed by atoms with Crippen molar-refractivity contribution in [1.29, 1.82) is 5.26 Å². The van der Waals surface area contributed by atoms with Gasteiger partial charge in [-0.3, -0.25) is 0 Å². The minimum absolute atomic E-state index is 0.323. The average Bonchev–Trinajstić information content (AvgIpc) is 2.41. The van der Waals surface area contributed by atoms with Gasteiger partial charge >= 0.3 is 82.4 Å². The Bertz CT molecular complexity index is 325. The monoisotopic (exact) mass is 246 g/mol. The van der Waals surface area contributed by atoms with E-state index in [0.29, 0.717) is 14.5 Å². The van der Waals surface area contributed by atoms with Crippen LogP contribution < -0.4 is 5.73 Å². The Hall–Kier alpha value is -0.361. The summed E-state index contributed by atoms with van der Waals surface area (Å²) < 4.78 is 2.45. The van der Waals surface area contributed by atoms with Crippen LogP contribution in [0.25, 0.3) is 0 Å². The normalized spacial score (nSPS) is 9.75. The molecule has 1 rings (SSSR count). The molecule has 4 heteroatoms. The zero-order valence-electron chi connectivity index (χ0n) is 7.05. The molecular formula is C8H10N2SSe. The van der Waals surface area contributed by atoms with Crippen LogP contribution in [-0.2, 0) is 6.42 Å². The van der Waals surface area contributed by atoms with Crippen molar-refractivity contribution >= 4 is 32.0 Å². The second-order valence-corrected chi connectivity index (χ2v) is 5.99. The van der Waals surface area contributed by atoms with Crippen molar-refractivity contribution < 1.29 is 0 Å². The van der Waals surface area contributed by atoms with Crippen LogP contribution in [0.1, 0.15) is 16.9 Å². The molecule has 1 aromatic heterocycles. The van der Waals surface area contributed by atoms with Crippen molar-refractivity contribution in [2.75, 3.05) is 12.0 Å². The van der Waals surface area contributed by atoms with E-state index in [2.05, 4.69) is 13.0 Å². The molecule has 0 bridgehead atoms. The molecule has 0 unspecified atom stereocenters. The summed E-state index contributed by atoms with van der Waals surface area (Å²) in [6, 6.07) is 2.17. The molecule has 2 N–H and O–H groups in total. The van der Waals surface area contributed by atoms with Gasteiger partial charge in [0.05, 0.1) is 0 Å². The predicted molar refractivity (Wildman–Crippen MR) is 53.7 cm³/mol. The van der Waals surface area contributed by atoms with Crippen molar-refractivity contribution in [3.63, 3.8) is 0 Å². The molecule has 0 aliphatic rings. The second-order valence-electron chi connectivity index (χ2n) is 2.27. The number of nitrogen functional groups attached to an aromatic ring is 1. The van der Waals surface area contributed by atoms with E-state index < -0.39 is 0 Å². The van der Waals surface area contributed by atoms with Crippen LogP contribution in [0.2, 0.25) is 0 Å². The van der Waals surface area contributed by atoms with Crippen LogP contribution in [0.3, 0.4) is 0 Å². The first-order valence-corrected chi connectivity index (χ1v) is 6.53. The molecular weight excluding hydrogens is 235 g/mol. The number of hydrogen-bond acceptors (Lipinski definition) is 3. The van der Waals surface area contributed by atoms with Crippen LogP contribution in [0.4, 0.5) is 5.69 Å². The zero-order chi connectivity index (χ0) is 9.14. The van der Waals surface area contributed by atoms with Gasteiger partial charge in [-0.25, -0.2) is 0 Å². The molecule has 0 saturated carbocycles. The van der Waals surface area contributed by atoms with Crippen LogP contribution in [0.15, 0.2) is 3.77 Å². The van der Waals surface area contributed by atoms with E-state index >= 15 is 0 Å². The Morgan fingerprint density at radius 2 is 2.33 bits per heavy atom. The Kier molecular flexibility index (Phi) is 3.28. The van der Waals surface area contributed by atoms with E-state index in [4.69, 9.17) is 11.0 Å². The average molecular weight is 245 g/mol. The molecule has 0 fully saturated rings. The molecule has 12 heavy (non-hydrogen) atoms. The number of rotatable bonds is 2. The Balaban J connectivity index is 3.25. The van der Waals surface area contributed by atoms with Crippen LogP contribution in [0.5, 0.6) is 0 Å². The summed E-state index contributed by atoms with van der Waals surface area (Å²) in [4.78, 5) is 0. The van der Waals surface area contributed by atoms with Crippen molar-refractivity contribution in [3.8, 4) is 6.07 Å². The van der Waals surface area contributed by atoms with Gasteiger partial charge in [0.25, 0.3) is 0 Å². The minimum atomic E-state index is 0.323. The SMILES string of the molecule is CCc1[se]c(SC)c(C#N)c1N. The van der Waals surface area contributed by atoms with Gasteiger partial charge in [-0.15, -0.1) is 0 Å². The van der Waals surface area contributed by atoms with Gasteiger partial charge in [0, 0.05) is 0 Å². The Labute approximate surface area is 82.5 Å². The maximum atomic E-state index is 8.83. The molecule has 1 heterocycles. The summed E-state index contributed by atoms with van der Waals surface area (Å²) in [6.07, 6.45) is 2.97. The fraction of sp³-hybridized carbons (Fsp3) is 0.375. The molecule has 0 aromatic carbocycles. The molecule has 0 radical (unpaired) electrons. The molecule has 0 atom stereocenters. The number of nitrogens with zero attached hydrogens (tertiary/aromatic N) is 1. The summed E-state index contributed by atoms with van der Waals surface area (Å²) in [7, 11) is 0. The van der Waals surface area contributed by atoms with Crippen molar-refractivity contribution in [2.45, 2.75) is 17.1 Å². The molecule has 0 amide bonds. The third kappa shape index (κ3) is 1.54. The summed E-state index contributed by atoms with van der Waals surface area (Å²) >= 11 is 1.97. The van der Waals surface area contributed by atoms with Gasteiger partial charge < -0.3 is 0 Å². The molecule has 0 spiro atoms. The van der Waals surface area contributed by atoms with Gasteiger partial charge in [-0.1, -0.05) is 0 Å². The fourth-order valence-corrected chi connectivity index (χ4v) is 4.23. The van der Waals surface area contributed by atoms with Gasteiger partial charge in [-0.05, 0) is 0 Å². The van der Waals surface area contributed by atoms with Gasteiger partial charge in [0.15, 0.2) is 0 Å². The molecule has 64 valence electrons. The van der Waals surface area contributed by atoms with E-state index in [1.807, 2.05) is 6.26 Å². The Morgan fingerprint density at radius 3 is 2.67 bits per heavy atom. The maximum absolute atomic E-state index is 8.83. The number of anilines is 1. The standard InChI is InChI=1S/C8H10N2SSe/c1-3-6-7(10)5(4-9)8(11-2)12-6/h3,10H2,1-2H3. The number of nitriles is 1. The van der Waals surface area contributed by atoms with E-state index in [1.165, 1.54) is 8.21 Å². The number of hydrogen-bond donors (Lipinski definition) is 1. The second kappa shape index (κ2) is 4.04. The first kappa shape index (κ1) is 9.73. The van der Waals surface area contributed by atoms with Gasteiger partial charge in [0.2, 0.25) is 0 Å². The van der Waals surface area contributed by atoms with E-state index in [1.54, 1.807) is 11.8 Å². The third-order valence-corrected chi connectivity index (χ3v) is 6.07. The summed E-state index contributed by atoms with van der Waals surface area (Å²) in [5.74, 6) is 0. The third-order valence-electron chi connectivity index (χ3n) is 1.61. The summed E-state index contributed by atoms with van der Waals surface area (Å²) in [5.41, 5.74) is 7.27. The zero-order valence-corrected chi connectivity index (χ0v) is 9.58. The van der Waals surface area contributed by atoms with Crippen LogP contribution in [0, 0.1) is 11.3 Å². The quantitative estimate of drug-likeness (QED) is 0.634. The number of aryl methyl sites for hydroxylation is 1. The molecule has 2 nitrogen and oxygen atoms in total.